The third kappa shape index (κ3) is 4.73. The molecule has 142 valence electrons. The van der Waals surface area contributed by atoms with Crippen molar-refractivity contribution < 1.29 is 22.7 Å². The molecule has 27 heavy (non-hydrogen) atoms. The Hall–Kier alpha value is -3.15. The molecular formula is C15H12F3N5O3S. The molecule has 0 saturated heterocycles. The van der Waals surface area contributed by atoms with Crippen LogP contribution in [-0.4, -0.2) is 38.5 Å². The second-order valence-corrected chi connectivity index (χ2v) is 6.16. The van der Waals surface area contributed by atoms with Gasteiger partial charge in [-0.25, -0.2) is 4.79 Å². The molecule has 0 aliphatic rings. The summed E-state index contributed by atoms with van der Waals surface area (Å²) in [6.45, 7) is -1.95. The quantitative estimate of drug-likeness (QED) is 0.685. The molecule has 1 aromatic carbocycles. The summed E-state index contributed by atoms with van der Waals surface area (Å²) in [6.07, 6.45) is -4.51. The van der Waals surface area contributed by atoms with Crippen LogP contribution in [0, 0.1) is 0 Å². The van der Waals surface area contributed by atoms with Crippen molar-refractivity contribution in [2.75, 3.05) is 11.9 Å². The number of para-hydroxylation sites is 2. The first-order valence-electron chi connectivity index (χ1n) is 7.48. The van der Waals surface area contributed by atoms with Crippen molar-refractivity contribution in [2.45, 2.75) is 12.7 Å². The number of anilines is 1. The Morgan fingerprint density at radius 3 is 2.67 bits per heavy atom. The van der Waals surface area contributed by atoms with Crippen molar-refractivity contribution >= 4 is 22.9 Å². The van der Waals surface area contributed by atoms with E-state index >= 15 is 0 Å². The Balaban J connectivity index is 1.69. The molecule has 0 unspecified atom stereocenters. The highest BCUT2D eigenvalue weighted by Crippen LogP contribution is 2.26. The van der Waals surface area contributed by atoms with Gasteiger partial charge in [0.25, 0.3) is 0 Å². The molecule has 0 radical (unpaired) electrons. The summed E-state index contributed by atoms with van der Waals surface area (Å²) in [4.78, 5) is 24.4. The van der Waals surface area contributed by atoms with Crippen molar-refractivity contribution in [3.8, 4) is 10.8 Å². The van der Waals surface area contributed by atoms with Crippen LogP contribution < -0.4 is 15.7 Å². The Morgan fingerprint density at radius 1 is 1.19 bits per heavy atom. The summed E-state index contributed by atoms with van der Waals surface area (Å²) in [6, 6.07) is 9.07. The number of tetrazole rings is 1. The number of ether oxygens (including phenoxy) is 1. The van der Waals surface area contributed by atoms with Crippen LogP contribution in [0.2, 0.25) is 0 Å². The molecule has 0 saturated carbocycles. The van der Waals surface area contributed by atoms with E-state index in [0.717, 1.165) is 9.36 Å². The van der Waals surface area contributed by atoms with Gasteiger partial charge in [0.2, 0.25) is 5.91 Å². The number of amides is 1. The van der Waals surface area contributed by atoms with Gasteiger partial charge in [-0.2, -0.15) is 22.5 Å². The molecule has 1 amide bonds. The fourth-order valence-electron chi connectivity index (χ4n) is 2.08. The predicted molar refractivity (Wildman–Crippen MR) is 90.1 cm³/mol. The fourth-order valence-corrected chi connectivity index (χ4v) is 2.75. The Morgan fingerprint density at radius 2 is 1.96 bits per heavy atom. The summed E-state index contributed by atoms with van der Waals surface area (Å²) in [7, 11) is 0. The molecule has 0 aliphatic carbocycles. The molecule has 8 nitrogen and oxygen atoms in total. The van der Waals surface area contributed by atoms with Crippen LogP contribution in [0.3, 0.4) is 0 Å². The highest BCUT2D eigenvalue weighted by Gasteiger charge is 2.29. The van der Waals surface area contributed by atoms with Gasteiger partial charge in [-0.05, 0) is 40.1 Å². The van der Waals surface area contributed by atoms with Gasteiger partial charge in [0.15, 0.2) is 6.61 Å². The molecule has 2 heterocycles. The molecule has 12 heteroatoms. The van der Waals surface area contributed by atoms with E-state index in [2.05, 4.69) is 15.7 Å². The van der Waals surface area contributed by atoms with E-state index in [9.17, 15) is 22.8 Å². The maximum absolute atomic E-state index is 12.3. The lowest BCUT2D eigenvalue weighted by molar-refractivity contribution is -0.153. The molecule has 0 bridgehead atoms. The maximum atomic E-state index is 12.3. The topological polar surface area (TPSA) is 91.0 Å². The number of aromatic nitrogens is 4. The van der Waals surface area contributed by atoms with Crippen LogP contribution in [0.5, 0.6) is 5.75 Å². The molecule has 0 atom stereocenters. The van der Waals surface area contributed by atoms with E-state index in [-0.39, 0.29) is 11.4 Å². The minimum absolute atomic E-state index is 0.0467. The van der Waals surface area contributed by atoms with Gasteiger partial charge >= 0.3 is 11.9 Å². The monoisotopic (exact) mass is 399 g/mol. The molecule has 0 aliphatic heterocycles. The molecule has 3 rings (SSSR count). The number of halogens is 3. The van der Waals surface area contributed by atoms with Crippen molar-refractivity contribution in [3.63, 3.8) is 0 Å². The number of carbonyl (C=O) groups excluding carboxylic acids is 1. The first-order chi connectivity index (χ1) is 12.8. The fraction of sp³-hybridized carbons (Fsp3) is 0.200. The average molecular weight is 399 g/mol. The van der Waals surface area contributed by atoms with E-state index in [1.165, 1.54) is 35.6 Å². The molecule has 0 spiro atoms. The third-order valence-electron chi connectivity index (χ3n) is 3.20. The lowest BCUT2D eigenvalue weighted by atomic mass is 10.3. The van der Waals surface area contributed by atoms with Crippen molar-refractivity contribution in [1.82, 2.24) is 19.8 Å². The first-order valence-corrected chi connectivity index (χ1v) is 8.36. The van der Waals surface area contributed by atoms with E-state index in [1.807, 2.05) is 0 Å². The summed E-state index contributed by atoms with van der Waals surface area (Å²) >= 11 is 1.27. The smallest absolute Gasteiger partial charge is 0.422 e. The zero-order chi connectivity index (χ0) is 19.4. The van der Waals surface area contributed by atoms with E-state index in [1.54, 1.807) is 17.5 Å². The number of carbonyl (C=O) groups is 1. The van der Waals surface area contributed by atoms with Gasteiger partial charge in [-0.15, -0.1) is 11.3 Å². The first kappa shape index (κ1) is 18.6. The maximum Gasteiger partial charge on any atom is 0.422 e. The SMILES string of the molecule is O=C(Cn1nnn(-c2cccs2)c1=O)Nc1ccccc1OCC(F)(F)F. The predicted octanol–water partition coefficient (Wildman–Crippen LogP) is 2.07. The second kappa shape index (κ2) is 7.61. The summed E-state index contributed by atoms with van der Waals surface area (Å²) in [5.41, 5.74) is -0.570. The van der Waals surface area contributed by atoms with E-state index in [4.69, 9.17) is 4.74 Å². The number of nitrogens with one attached hydrogen (secondary N) is 1. The largest absolute Gasteiger partial charge is 0.482 e. The average Bonchev–Trinajstić information content (AvgIpc) is 3.24. The number of nitrogens with zero attached hydrogens (tertiary/aromatic N) is 4. The number of benzene rings is 1. The highest BCUT2D eigenvalue weighted by molar-refractivity contribution is 7.12. The standard InChI is InChI=1S/C15H12F3N5O3S/c16-15(17,18)9-26-11-5-2-1-4-10(11)19-12(24)8-22-14(25)23(21-20-22)13-6-3-7-27-13/h1-7H,8-9H2,(H,19,24). The van der Waals surface area contributed by atoms with Gasteiger partial charge in [-0.3, -0.25) is 4.79 Å². The number of thiophene rings is 1. The normalized spacial score (nSPS) is 11.4. The molecule has 2 aromatic heterocycles. The van der Waals surface area contributed by atoms with Crippen LogP contribution >= 0.6 is 11.3 Å². The summed E-state index contributed by atoms with van der Waals surface area (Å²) in [5, 5.41) is 12.0. The molecular weight excluding hydrogens is 387 g/mol. The summed E-state index contributed by atoms with van der Waals surface area (Å²) < 4.78 is 43.5. The van der Waals surface area contributed by atoms with Crippen LogP contribution in [0.1, 0.15) is 0 Å². The van der Waals surface area contributed by atoms with Gasteiger partial charge in [0.05, 0.1) is 5.69 Å². The molecule has 3 aromatic rings. The van der Waals surface area contributed by atoms with E-state index < -0.39 is 30.9 Å². The van der Waals surface area contributed by atoms with Crippen molar-refractivity contribution in [1.29, 1.82) is 0 Å². The van der Waals surface area contributed by atoms with Gasteiger partial charge in [0, 0.05) is 0 Å². The Bertz CT molecular complexity index is 981. The van der Waals surface area contributed by atoms with Crippen LogP contribution in [0.15, 0.2) is 46.6 Å². The molecule has 1 N–H and O–H groups in total. The Kier molecular flexibility index (Phi) is 5.26. The number of hydrogen-bond donors (Lipinski definition) is 1. The van der Waals surface area contributed by atoms with Gasteiger partial charge < -0.3 is 10.1 Å². The van der Waals surface area contributed by atoms with Crippen LogP contribution in [-0.2, 0) is 11.3 Å². The number of hydrogen-bond acceptors (Lipinski definition) is 6. The summed E-state index contributed by atoms with van der Waals surface area (Å²) in [5.74, 6) is -0.809. The van der Waals surface area contributed by atoms with Crippen LogP contribution in [0.4, 0.5) is 18.9 Å². The van der Waals surface area contributed by atoms with E-state index in [0.29, 0.717) is 5.00 Å². The third-order valence-corrected chi connectivity index (χ3v) is 4.04. The van der Waals surface area contributed by atoms with Crippen LogP contribution in [0.25, 0.3) is 5.00 Å². The van der Waals surface area contributed by atoms with Gasteiger partial charge in [0.1, 0.15) is 17.3 Å². The second-order valence-electron chi connectivity index (χ2n) is 5.23. The minimum Gasteiger partial charge on any atom is -0.482 e. The lowest BCUT2D eigenvalue weighted by Gasteiger charge is -2.13. The van der Waals surface area contributed by atoms with Gasteiger partial charge in [-0.1, -0.05) is 12.1 Å². The van der Waals surface area contributed by atoms with Crippen molar-refractivity contribution in [3.05, 3.63) is 52.3 Å². The lowest BCUT2D eigenvalue weighted by Crippen LogP contribution is -2.29. The minimum atomic E-state index is -4.51. The zero-order valence-corrected chi connectivity index (χ0v) is 14.3. The number of alkyl halides is 3. The van der Waals surface area contributed by atoms with Crippen molar-refractivity contribution in [2.24, 2.45) is 0 Å². The highest BCUT2D eigenvalue weighted by atomic mass is 32.1. The Labute approximate surface area is 153 Å². The number of rotatable bonds is 6. The molecule has 0 fully saturated rings. The zero-order valence-electron chi connectivity index (χ0n) is 13.5.